The maximum atomic E-state index is 6.44. The standard InChI is InChI=1S/C47H29N3O/c1-2-10-30(11-3-1)33-18-22-34(23-19-33)40-28-41-39-16-8-9-17-43(39)51-44(41)29-42(40)47-49-45(37-24-20-31-12-4-6-14-35(31)26-37)48-46(50-47)38-25-21-32-13-5-7-15-36(32)27-38/h1-29H. The van der Waals surface area contributed by atoms with Crippen molar-refractivity contribution >= 4 is 43.5 Å². The molecule has 10 rings (SSSR count). The molecule has 8 aromatic carbocycles. The van der Waals surface area contributed by atoms with Crippen molar-refractivity contribution in [2.24, 2.45) is 0 Å². The van der Waals surface area contributed by atoms with Gasteiger partial charge in [-0.1, -0.05) is 146 Å². The molecule has 2 aromatic heterocycles. The molecule has 0 bridgehead atoms. The zero-order valence-electron chi connectivity index (χ0n) is 27.5. The lowest BCUT2D eigenvalue weighted by Gasteiger charge is -2.13. The van der Waals surface area contributed by atoms with E-state index in [9.17, 15) is 0 Å². The third-order valence-corrected chi connectivity index (χ3v) is 9.71. The predicted molar refractivity (Wildman–Crippen MR) is 209 cm³/mol. The molecule has 0 saturated carbocycles. The summed E-state index contributed by atoms with van der Waals surface area (Å²) in [6.45, 7) is 0. The van der Waals surface area contributed by atoms with Gasteiger partial charge in [-0.2, -0.15) is 0 Å². The molecule has 0 N–H and O–H groups in total. The fourth-order valence-electron chi connectivity index (χ4n) is 7.08. The molecule has 0 aliphatic heterocycles. The summed E-state index contributed by atoms with van der Waals surface area (Å²) in [6, 6.07) is 61.2. The van der Waals surface area contributed by atoms with Gasteiger partial charge >= 0.3 is 0 Å². The van der Waals surface area contributed by atoms with Crippen molar-refractivity contribution < 1.29 is 4.42 Å². The number of hydrogen-bond donors (Lipinski definition) is 0. The van der Waals surface area contributed by atoms with E-state index in [2.05, 4.69) is 158 Å². The predicted octanol–water partition coefficient (Wildman–Crippen LogP) is 12.4. The second-order valence-corrected chi connectivity index (χ2v) is 12.9. The van der Waals surface area contributed by atoms with Gasteiger partial charge in [-0.05, 0) is 74.1 Å². The van der Waals surface area contributed by atoms with Gasteiger partial charge in [-0.15, -0.1) is 0 Å². The number of hydrogen-bond acceptors (Lipinski definition) is 4. The van der Waals surface area contributed by atoms with Crippen molar-refractivity contribution in [3.8, 4) is 56.4 Å². The fourth-order valence-corrected chi connectivity index (χ4v) is 7.08. The van der Waals surface area contributed by atoms with Crippen LogP contribution in [0.15, 0.2) is 180 Å². The summed E-state index contributed by atoms with van der Waals surface area (Å²) in [5.41, 5.74) is 8.79. The van der Waals surface area contributed by atoms with Crippen LogP contribution >= 0.6 is 0 Å². The Morgan fingerprint density at radius 3 is 1.47 bits per heavy atom. The van der Waals surface area contributed by atoms with Crippen LogP contribution < -0.4 is 0 Å². The van der Waals surface area contributed by atoms with E-state index < -0.39 is 0 Å². The van der Waals surface area contributed by atoms with E-state index in [1.807, 2.05) is 18.2 Å². The zero-order chi connectivity index (χ0) is 33.7. The average Bonchev–Trinajstić information content (AvgIpc) is 3.58. The lowest BCUT2D eigenvalue weighted by molar-refractivity contribution is 0.669. The minimum Gasteiger partial charge on any atom is -0.456 e. The Morgan fingerprint density at radius 1 is 0.294 bits per heavy atom. The third kappa shape index (κ3) is 5.22. The molecule has 0 radical (unpaired) electrons. The SMILES string of the molecule is c1ccc(-c2ccc(-c3cc4c(cc3-c3nc(-c5ccc6ccccc6c5)nc(-c5ccc6ccccc6c5)n3)oc3ccccc34)cc2)cc1. The van der Waals surface area contributed by atoms with Crippen LogP contribution in [0.5, 0.6) is 0 Å². The zero-order valence-corrected chi connectivity index (χ0v) is 27.5. The van der Waals surface area contributed by atoms with Gasteiger partial charge in [0.2, 0.25) is 0 Å². The van der Waals surface area contributed by atoms with Crippen molar-refractivity contribution in [1.29, 1.82) is 0 Å². The van der Waals surface area contributed by atoms with E-state index in [4.69, 9.17) is 19.4 Å². The van der Waals surface area contributed by atoms with Crippen molar-refractivity contribution in [3.05, 3.63) is 176 Å². The Kier molecular flexibility index (Phi) is 6.78. The Balaban J connectivity index is 1.22. The maximum Gasteiger partial charge on any atom is 0.164 e. The monoisotopic (exact) mass is 651 g/mol. The summed E-state index contributed by atoms with van der Waals surface area (Å²) in [5.74, 6) is 1.81. The molecule has 4 nitrogen and oxygen atoms in total. The molecule has 0 fully saturated rings. The number of aromatic nitrogens is 3. The fraction of sp³-hybridized carbons (Fsp3) is 0. The van der Waals surface area contributed by atoms with Gasteiger partial charge < -0.3 is 4.42 Å². The molecule has 51 heavy (non-hydrogen) atoms. The number of furan rings is 1. The number of rotatable bonds is 5. The molecule has 0 aliphatic rings. The van der Waals surface area contributed by atoms with E-state index in [1.54, 1.807) is 0 Å². The van der Waals surface area contributed by atoms with Crippen LogP contribution in [0, 0.1) is 0 Å². The molecule has 238 valence electrons. The van der Waals surface area contributed by atoms with Crippen molar-refractivity contribution in [2.45, 2.75) is 0 Å². The highest BCUT2D eigenvalue weighted by atomic mass is 16.3. The minimum atomic E-state index is 0.584. The van der Waals surface area contributed by atoms with Gasteiger partial charge in [0.05, 0.1) is 0 Å². The largest absolute Gasteiger partial charge is 0.456 e. The molecule has 0 saturated heterocycles. The van der Waals surface area contributed by atoms with Crippen molar-refractivity contribution in [3.63, 3.8) is 0 Å². The average molecular weight is 652 g/mol. The number of para-hydroxylation sites is 1. The molecule has 0 spiro atoms. The summed E-state index contributed by atoms with van der Waals surface area (Å²) >= 11 is 0. The maximum absolute atomic E-state index is 6.44. The van der Waals surface area contributed by atoms with Gasteiger partial charge in [0.1, 0.15) is 11.2 Å². The molecule has 0 unspecified atom stereocenters. The highest BCUT2D eigenvalue weighted by Crippen LogP contribution is 2.40. The molecule has 2 heterocycles. The summed E-state index contributed by atoms with van der Waals surface area (Å²) in [7, 11) is 0. The van der Waals surface area contributed by atoms with Gasteiger partial charge in [0, 0.05) is 27.5 Å². The van der Waals surface area contributed by atoms with Gasteiger partial charge in [-0.3, -0.25) is 0 Å². The van der Waals surface area contributed by atoms with E-state index in [0.717, 1.165) is 66.1 Å². The Hall–Kier alpha value is -6.91. The second-order valence-electron chi connectivity index (χ2n) is 12.9. The van der Waals surface area contributed by atoms with Crippen LogP contribution in [0.4, 0.5) is 0 Å². The normalized spacial score (nSPS) is 11.5. The van der Waals surface area contributed by atoms with Gasteiger partial charge in [-0.25, -0.2) is 15.0 Å². The Morgan fingerprint density at radius 2 is 0.804 bits per heavy atom. The third-order valence-electron chi connectivity index (χ3n) is 9.71. The summed E-state index contributed by atoms with van der Waals surface area (Å²) in [4.78, 5) is 15.5. The highest BCUT2D eigenvalue weighted by Gasteiger charge is 2.20. The topological polar surface area (TPSA) is 51.8 Å². The van der Waals surface area contributed by atoms with E-state index >= 15 is 0 Å². The molecule has 10 aromatic rings. The van der Waals surface area contributed by atoms with Crippen LogP contribution in [-0.4, -0.2) is 15.0 Å². The number of fused-ring (bicyclic) bond motifs is 5. The summed E-state index contributed by atoms with van der Waals surface area (Å²) in [5, 5.41) is 6.73. The first-order valence-corrected chi connectivity index (χ1v) is 17.1. The number of benzene rings is 8. The van der Waals surface area contributed by atoms with Crippen LogP contribution in [0.1, 0.15) is 0 Å². The lowest BCUT2D eigenvalue weighted by atomic mass is 9.94. The van der Waals surface area contributed by atoms with Crippen molar-refractivity contribution in [2.75, 3.05) is 0 Å². The van der Waals surface area contributed by atoms with E-state index in [-0.39, 0.29) is 0 Å². The lowest BCUT2D eigenvalue weighted by Crippen LogP contribution is -2.01. The molecular weight excluding hydrogens is 623 g/mol. The first-order chi connectivity index (χ1) is 25.2. The molecule has 0 amide bonds. The van der Waals surface area contributed by atoms with Crippen molar-refractivity contribution in [1.82, 2.24) is 15.0 Å². The van der Waals surface area contributed by atoms with Crippen LogP contribution in [0.2, 0.25) is 0 Å². The van der Waals surface area contributed by atoms with Gasteiger partial charge in [0.15, 0.2) is 17.5 Å². The molecule has 0 atom stereocenters. The Labute approximate surface area is 294 Å². The van der Waals surface area contributed by atoms with Gasteiger partial charge in [0.25, 0.3) is 0 Å². The second kappa shape index (κ2) is 11.9. The molecule has 0 aliphatic carbocycles. The van der Waals surface area contributed by atoms with Crippen LogP contribution in [0.3, 0.4) is 0 Å². The number of nitrogens with zero attached hydrogens (tertiary/aromatic N) is 3. The summed E-state index contributed by atoms with van der Waals surface area (Å²) in [6.07, 6.45) is 0. The molecule has 4 heteroatoms. The smallest absolute Gasteiger partial charge is 0.164 e. The first-order valence-electron chi connectivity index (χ1n) is 17.1. The molecular formula is C47H29N3O. The van der Waals surface area contributed by atoms with E-state index in [0.29, 0.717) is 17.5 Å². The summed E-state index contributed by atoms with van der Waals surface area (Å²) < 4.78 is 6.44. The van der Waals surface area contributed by atoms with Crippen LogP contribution in [0.25, 0.3) is 99.9 Å². The highest BCUT2D eigenvalue weighted by molar-refractivity contribution is 6.08. The van der Waals surface area contributed by atoms with Crippen LogP contribution in [-0.2, 0) is 0 Å². The Bertz CT molecular complexity index is 2810. The first kappa shape index (κ1) is 29.0. The van der Waals surface area contributed by atoms with E-state index in [1.165, 1.54) is 16.3 Å². The quantitative estimate of drug-likeness (QED) is 0.186. The minimum absolute atomic E-state index is 0.584.